The number of nitrogens with zero attached hydrogens (tertiary/aromatic N) is 1. The van der Waals surface area contributed by atoms with Gasteiger partial charge in [0.05, 0.1) is 0 Å². The molecule has 2 atom stereocenters. The molecule has 1 aliphatic carbocycles. The van der Waals surface area contributed by atoms with Crippen LogP contribution in [0.5, 0.6) is 0 Å². The molecule has 3 fully saturated rings. The topological polar surface area (TPSA) is 32.3 Å². The number of carbonyl (C=O) groups is 1. The van der Waals surface area contributed by atoms with E-state index in [2.05, 4.69) is 10.2 Å². The van der Waals surface area contributed by atoms with Gasteiger partial charge in [0.2, 0.25) is 5.91 Å². The van der Waals surface area contributed by atoms with Gasteiger partial charge in [0.15, 0.2) is 0 Å². The fourth-order valence-electron chi connectivity index (χ4n) is 3.81. The number of piperidine rings is 1. The molecule has 3 nitrogen and oxygen atoms in total. The summed E-state index contributed by atoms with van der Waals surface area (Å²) in [6.07, 6.45) is 8.51. The summed E-state index contributed by atoms with van der Waals surface area (Å²) in [5, 5.41) is 3.45. The quantitative estimate of drug-likeness (QED) is 0.729. The summed E-state index contributed by atoms with van der Waals surface area (Å²) in [6, 6.07) is 1.08. The fourth-order valence-corrected chi connectivity index (χ4v) is 3.81. The van der Waals surface area contributed by atoms with E-state index in [1.165, 1.54) is 38.5 Å². The minimum atomic E-state index is 0.436. The number of rotatable bonds is 1. The molecule has 2 saturated heterocycles. The first-order valence-electron chi connectivity index (χ1n) is 6.88. The van der Waals surface area contributed by atoms with Gasteiger partial charge in [-0.2, -0.15) is 0 Å². The normalized spacial score (nSPS) is 36.5. The first-order chi connectivity index (χ1) is 7.86. The molecule has 2 heterocycles. The Bertz CT molecular complexity index is 273. The molecule has 0 bridgehead atoms. The molecule has 2 aliphatic heterocycles. The van der Waals surface area contributed by atoms with Crippen LogP contribution in [0.1, 0.15) is 44.9 Å². The van der Waals surface area contributed by atoms with Crippen LogP contribution in [0.2, 0.25) is 0 Å². The highest BCUT2D eigenvalue weighted by molar-refractivity contribution is 5.79. The van der Waals surface area contributed by atoms with Crippen LogP contribution in [-0.2, 0) is 4.79 Å². The average Bonchev–Trinajstić information content (AvgIpc) is 2.66. The number of amides is 1. The van der Waals surface area contributed by atoms with Gasteiger partial charge in [0, 0.05) is 25.0 Å². The van der Waals surface area contributed by atoms with Crippen LogP contribution in [0.4, 0.5) is 0 Å². The molecule has 0 aromatic carbocycles. The van der Waals surface area contributed by atoms with Crippen LogP contribution in [0.3, 0.4) is 0 Å². The highest BCUT2D eigenvalue weighted by Gasteiger charge is 2.43. The fraction of sp³-hybridized carbons (Fsp3) is 0.923. The minimum Gasteiger partial charge on any atom is -0.335 e. The van der Waals surface area contributed by atoms with Crippen LogP contribution in [0, 0.1) is 5.92 Å². The van der Waals surface area contributed by atoms with Gasteiger partial charge in [-0.3, -0.25) is 4.79 Å². The highest BCUT2D eigenvalue weighted by Crippen LogP contribution is 2.35. The molecule has 0 aromatic rings. The van der Waals surface area contributed by atoms with Gasteiger partial charge in [-0.15, -0.1) is 0 Å². The predicted octanol–water partition coefficient (Wildman–Crippen LogP) is 1.53. The van der Waals surface area contributed by atoms with Crippen LogP contribution >= 0.6 is 0 Å². The monoisotopic (exact) mass is 222 g/mol. The van der Waals surface area contributed by atoms with Gasteiger partial charge in [-0.1, -0.05) is 19.3 Å². The van der Waals surface area contributed by atoms with Crippen molar-refractivity contribution in [1.82, 2.24) is 10.2 Å². The summed E-state index contributed by atoms with van der Waals surface area (Å²) < 4.78 is 0. The van der Waals surface area contributed by atoms with Gasteiger partial charge in [0.1, 0.15) is 0 Å². The predicted molar refractivity (Wildman–Crippen MR) is 63.1 cm³/mol. The van der Waals surface area contributed by atoms with E-state index in [1.807, 2.05) is 0 Å². The lowest BCUT2D eigenvalue weighted by Crippen LogP contribution is -2.51. The number of hydrogen-bond donors (Lipinski definition) is 1. The molecular weight excluding hydrogens is 200 g/mol. The zero-order chi connectivity index (χ0) is 11.0. The summed E-state index contributed by atoms with van der Waals surface area (Å²) in [6.45, 7) is 2.14. The molecule has 90 valence electrons. The van der Waals surface area contributed by atoms with E-state index in [-0.39, 0.29) is 0 Å². The molecule has 0 radical (unpaired) electrons. The van der Waals surface area contributed by atoms with E-state index in [0.29, 0.717) is 23.9 Å². The van der Waals surface area contributed by atoms with Crippen molar-refractivity contribution >= 4 is 5.91 Å². The molecule has 2 unspecified atom stereocenters. The Balaban J connectivity index is 1.74. The molecule has 3 rings (SSSR count). The number of likely N-dealkylation sites (tertiary alicyclic amines) is 1. The SMILES string of the molecule is O=C1CC2CCNCC2N1C1CCCCC1. The van der Waals surface area contributed by atoms with Crippen molar-refractivity contribution in [3.05, 3.63) is 0 Å². The van der Waals surface area contributed by atoms with E-state index >= 15 is 0 Å². The van der Waals surface area contributed by atoms with Crippen LogP contribution in [-0.4, -0.2) is 36.0 Å². The van der Waals surface area contributed by atoms with Gasteiger partial charge in [-0.05, 0) is 31.7 Å². The summed E-state index contributed by atoms with van der Waals surface area (Å²) >= 11 is 0. The summed E-state index contributed by atoms with van der Waals surface area (Å²) in [7, 11) is 0. The third-order valence-electron chi connectivity index (χ3n) is 4.64. The molecule has 0 spiro atoms. The molecule has 16 heavy (non-hydrogen) atoms. The third-order valence-corrected chi connectivity index (χ3v) is 4.64. The van der Waals surface area contributed by atoms with Crippen molar-refractivity contribution in [2.45, 2.75) is 57.0 Å². The molecule has 3 aliphatic rings. The summed E-state index contributed by atoms with van der Waals surface area (Å²) in [5.41, 5.74) is 0. The Kier molecular flexibility index (Phi) is 2.88. The van der Waals surface area contributed by atoms with E-state index in [0.717, 1.165) is 19.5 Å². The number of nitrogens with one attached hydrogen (secondary N) is 1. The minimum absolute atomic E-state index is 0.436. The molecule has 1 amide bonds. The Labute approximate surface area is 97.6 Å². The Morgan fingerprint density at radius 2 is 1.94 bits per heavy atom. The molecular formula is C13H22N2O. The lowest BCUT2D eigenvalue weighted by atomic mass is 9.90. The van der Waals surface area contributed by atoms with E-state index in [4.69, 9.17) is 0 Å². The first kappa shape index (κ1) is 10.6. The smallest absolute Gasteiger partial charge is 0.223 e. The second-order valence-corrected chi connectivity index (χ2v) is 5.62. The Morgan fingerprint density at radius 3 is 2.75 bits per heavy atom. The summed E-state index contributed by atoms with van der Waals surface area (Å²) in [4.78, 5) is 14.4. The lowest BCUT2D eigenvalue weighted by molar-refractivity contribution is -0.131. The van der Waals surface area contributed by atoms with Crippen LogP contribution < -0.4 is 5.32 Å². The maximum atomic E-state index is 12.1. The summed E-state index contributed by atoms with van der Waals surface area (Å²) in [5.74, 6) is 1.08. The standard InChI is InChI=1S/C13H22N2O/c16-13-8-10-6-7-14-9-12(10)15(13)11-4-2-1-3-5-11/h10-12,14H,1-9H2. The highest BCUT2D eigenvalue weighted by atomic mass is 16.2. The van der Waals surface area contributed by atoms with Gasteiger partial charge < -0.3 is 10.2 Å². The van der Waals surface area contributed by atoms with Crippen molar-refractivity contribution in [1.29, 1.82) is 0 Å². The van der Waals surface area contributed by atoms with Crippen molar-refractivity contribution < 1.29 is 4.79 Å². The average molecular weight is 222 g/mol. The Morgan fingerprint density at radius 1 is 1.12 bits per heavy atom. The van der Waals surface area contributed by atoms with Gasteiger partial charge in [-0.25, -0.2) is 0 Å². The third kappa shape index (κ3) is 1.75. The molecule has 3 heteroatoms. The maximum Gasteiger partial charge on any atom is 0.223 e. The maximum absolute atomic E-state index is 12.1. The second-order valence-electron chi connectivity index (χ2n) is 5.62. The second kappa shape index (κ2) is 4.36. The lowest BCUT2D eigenvalue weighted by Gasteiger charge is -2.39. The number of carbonyl (C=O) groups excluding carboxylic acids is 1. The van der Waals surface area contributed by atoms with Crippen molar-refractivity contribution in [2.24, 2.45) is 5.92 Å². The van der Waals surface area contributed by atoms with Crippen LogP contribution in [0.25, 0.3) is 0 Å². The Hall–Kier alpha value is -0.570. The van der Waals surface area contributed by atoms with E-state index in [9.17, 15) is 4.79 Å². The number of fused-ring (bicyclic) bond motifs is 1. The van der Waals surface area contributed by atoms with Gasteiger partial charge in [0.25, 0.3) is 0 Å². The zero-order valence-corrected chi connectivity index (χ0v) is 9.95. The molecule has 0 aromatic heterocycles. The van der Waals surface area contributed by atoms with Crippen molar-refractivity contribution in [2.75, 3.05) is 13.1 Å². The van der Waals surface area contributed by atoms with Gasteiger partial charge >= 0.3 is 0 Å². The number of hydrogen-bond acceptors (Lipinski definition) is 2. The van der Waals surface area contributed by atoms with E-state index in [1.54, 1.807) is 0 Å². The molecule has 1 N–H and O–H groups in total. The largest absolute Gasteiger partial charge is 0.335 e. The van der Waals surface area contributed by atoms with Crippen molar-refractivity contribution in [3.8, 4) is 0 Å². The van der Waals surface area contributed by atoms with Crippen LogP contribution in [0.15, 0.2) is 0 Å². The van der Waals surface area contributed by atoms with Crippen molar-refractivity contribution in [3.63, 3.8) is 0 Å². The zero-order valence-electron chi connectivity index (χ0n) is 9.95. The molecule has 1 saturated carbocycles. The first-order valence-corrected chi connectivity index (χ1v) is 6.88. The van der Waals surface area contributed by atoms with E-state index < -0.39 is 0 Å².